The van der Waals surface area contributed by atoms with Crippen LogP contribution in [0.3, 0.4) is 0 Å². The van der Waals surface area contributed by atoms with E-state index >= 15 is 0 Å². The van der Waals surface area contributed by atoms with Crippen LogP contribution in [0.2, 0.25) is 0 Å². The second-order valence-corrected chi connectivity index (χ2v) is 8.40. The molecular formula is C21H39N5O3. The molecule has 1 N–H and O–H groups in total. The fourth-order valence-corrected chi connectivity index (χ4v) is 4.49. The van der Waals surface area contributed by atoms with Crippen molar-refractivity contribution in [1.82, 2.24) is 20.0 Å². The Balaban J connectivity index is 1.55. The van der Waals surface area contributed by atoms with E-state index in [4.69, 9.17) is 14.5 Å². The van der Waals surface area contributed by atoms with Gasteiger partial charge in [-0.15, -0.1) is 0 Å². The van der Waals surface area contributed by atoms with Gasteiger partial charge in [0, 0.05) is 79.0 Å². The number of piperazine rings is 1. The average Bonchev–Trinajstić information content (AvgIpc) is 3.31. The van der Waals surface area contributed by atoms with Crippen LogP contribution in [0, 0.1) is 0 Å². The third-order valence-electron chi connectivity index (χ3n) is 6.63. The van der Waals surface area contributed by atoms with Gasteiger partial charge in [-0.25, -0.2) is 0 Å². The predicted molar refractivity (Wildman–Crippen MR) is 114 cm³/mol. The number of guanidine groups is 1. The summed E-state index contributed by atoms with van der Waals surface area (Å²) >= 11 is 0. The van der Waals surface area contributed by atoms with E-state index < -0.39 is 0 Å². The average molecular weight is 410 g/mol. The number of carbonyl (C=O) groups excluding carboxylic acids is 1. The van der Waals surface area contributed by atoms with Gasteiger partial charge in [0.2, 0.25) is 5.91 Å². The quantitative estimate of drug-likeness (QED) is 0.516. The van der Waals surface area contributed by atoms with Gasteiger partial charge in [0.25, 0.3) is 0 Å². The molecule has 3 aliphatic heterocycles. The summed E-state index contributed by atoms with van der Waals surface area (Å²) in [5, 5.41) is 3.44. The van der Waals surface area contributed by atoms with E-state index in [1.54, 1.807) is 7.11 Å². The standard InChI is InChI=1S/C21H39N5O3/c1-4-22-20(23-17-21(28-3)7-15-29-16-8-21)26-13-11-24(12-14-26)18(2)19(27)25-9-5-6-10-25/h18H,4-17H2,1-3H3,(H,22,23). The maximum atomic E-state index is 12.7. The number of nitrogens with zero attached hydrogens (tertiary/aromatic N) is 4. The van der Waals surface area contributed by atoms with Crippen molar-refractivity contribution in [1.29, 1.82) is 0 Å². The first-order valence-electron chi connectivity index (χ1n) is 11.3. The Morgan fingerprint density at radius 1 is 1.10 bits per heavy atom. The highest BCUT2D eigenvalue weighted by Crippen LogP contribution is 2.25. The summed E-state index contributed by atoms with van der Waals surface area (Å²) in [5.74, 6) is 1.24. The second kappa shape index (κ2) is 10.6. The van der Waals surface area contributed by atoms with E-state index in [1.165, 1.54) is 0 Å². The summed E-state index contributed by atoms with van der Waals surface area (Å²) in [5.41, 5.74) is -0.211. The lowest BCUT2D eigenvalue weighted by molar-refractivity contribution is -0.135. The van der Waals surface area contributed by atoms with Gasteiger partial charge in [0.15, 0.2) is 5.96 Å². The molecule has 3 aliphatic rings. The molecule has 0 saturated carbocycles. The molecule has 1 unspecified atom stereocenters. The summed E-state index contributed by atoms with van der Waals surface area (Å²) < 4.78 is 11.3. The maximum Gasteiger partial charge on any atom is 0.239 e. The van der Waals surface area contributed by atoms with Crippen LogP contribution >= 0.6 is 0 Å². The van der Waals surface area contributed by atoms with Crippen LogP contribution in [0.4, 0.5) is 0 Å². The first-order chi connectivity index (χ1) is 14.1. The van der Waals surface area contributed by atoms with Crippen LogP contribution in [0.25, 0.3) is 0 Å². The predicted octanol–water partition coefficient (Wildman–Crippen LogP) is 0.776. The molecule has 8 nitrogen and oxygen atoms in total. The third kappa shape index (κ3) is 5.61. The maximum absolute atomic E-state index is 12.7. The smallest absolute Gasteiger partial charge is 0.239 e. The first kappa shape index (κ1) is 22.3. The Labute approximate surface area is 175 Å². The lowest BCUT2D eigenvalue weighted by Crippen LogP contribution is -2.57. The number of hydrogen-bond acceptors (Lipinski definition) is 5. The van der Waals surface area contributed by atoms with E-state index in [0.717, 1.165) is 90.7 Å². The zero-order chi connectivity index (χ0) is 20.7. The highest BCUT2D eigenvalue weighted by molar-refractivity contribution is 5.82. The number of hydrogen-bond donors (Lipinski definition) is 1. The summed E-state index contributed by atoms with van der Waals surface area (Å²) in [6.07, 6.45) is 4.06. The van der Waals surface area contributed by atoms with Crippen molar-refractivity contribution in [3.63, 3.8) is 0 Å². The van der Waals surface area contributed by atoms with E-state index in [0.29, 0.717) is 6.54 Å². The minimum absolute atomic E-state index is 0.0335. The molecular weight excluding hydrogens is 370 g/mol. The van der Waals surface area contributed by atoms with Gasteiger partial charge in [0.05, 0.1) is 18.2 Å². The molecule has 1 atom stereocenters. The molecule has 3 heterocycles. The molecule has 0 aromatic carbocycles. The fraction of sp³-hybridized carbons (Fsp3) is 0.905. The van der Waals surface area contributed by atoms with Gasteiger partial charge in [-0.05, 0) is 26.7 Å². The van der Waals surface area contributed by atoms with Crippen molar-refractivity contribution in [3.8, 4) is 0 Å². The molecule has 3 saturated heterocycles. The second-order valence-electron chi connectivity index (χ2n) is 8.40. The lowest BCUT2D eigenvalue weighted by atomic mass is 9.94. The Hall–Kier alpha value is -1.38. The number of aliphatic imine (C=N–C) groups is 1. The summed E-state index contributed by atoms with van der Waals surface area (Å²) in [6, 6.07) is -0.0335. The fourth-order valence-electron chi connectivity index (χ4n) is 4.49. The van der Waals surface area contributed by atoms with Gasteiger partial charge < -0.3 is 24.6 Å². The van der Waals surface area contributed by atoms with Crippen LogP contribution in [0.5, 0.6) is 0 Å². The van der Waals surface area contributed by atoms with Crippen LogP contribution in [0.15, 0.2) is 4.99 Å². The number of nitrogens with one attached hydrogen (secondary N) is 1. The highest BCUT2D eigenvalue weighted by Gasteiger charge is 2.34. The zero-order valence-electron chi connectivity index (χ0n) is 18.5. The normalized spacial score (nSPS) is 24.6. The van der Waals surface area contributed by atoms with Gasteiger partial charge >= 0.3 is 0 Å². The van der Waals surface area contributed by atoms with Gasteiger partial charge in [0.1, 0.15) is 0 Å². The summed E-state index contributed by atoms with van der Waals surface area (Å²) in [7, 11) is 1.78. The van der Waals surface area contributed by atoms with E-state index in [9.17, 15) is 4.79 Å². The summed E-state index contributed by atoms with van der Waals surface area (Å²) in [4.78, 5) is 24.3. The number of ether oxygens (including phenoxy) is 2. The zero-order valence-corrected chi connectivity index (χ0v) is 18.5. The minimum Gasteiger partial charge on any atom is -0.381 e. The Morgan fingerprint density at radius 2 is 1.76 bits per heavy atom. The Kier molecular flexibility index (Phi) is 8.15. The van der Waals surface area contributed by atoms with Gasteiger partial charge in [-0.1, -0.05) is 0 Å². The minimum atomic E-state index is -0.211. The summed E-state index contributed by atoms with van der Waals surface area (Å²) in [6.45, 7) is 12.5. The van der Waals surface area contributed by atoms with Crippen LogP contribution in [-0.4, -0.2) is 111 Å². The molecule has 0 bridgehead atoms. The third-order valence-corrected chi connectivity index (χ3v) is 6.63. The number of rotatable bonds is 6. The van der Waals surface area contributed by atoms with Crippen LogP contribution in [-0.2, 0) is 14.3 Å². The van der Waals surface area contributed by atoms with E-state index in [-0.39, 0.29) is 17.6 Å². The van der Waals surface area contributed by atoms with Gasteiger partial charge in [-0.3, -0.25) is 14.7 Å². The monoisotopic (exact) mass is 409 g/mol. The van der Waals surface area contributed by atoms with E-state index in [2.05, 4.69) is 29.0 Å². The molecule has 0 spiro atoms. The number of methoxy groups -OCH3 is 1. The van der Waals surface area contributed by atoms with Crippen LogP contribution in [0.1, 0.15) is 39.5 Å². The molecule has 8 heteroatoms. The molecule has 166 valence electrons. The van der Waals surface area contributed by atoms with Crippen molar-refractivity contribution >= 4 is 11.9 Å². The Morgan fingerprint density at radius 3 is 2.34 bits per heavy atom. The largest absolute Gasteiger partial charge is 0.381 e. The number of carbonyl (C=O) groups is 1. The van der Waals surface area contributed by atoms with Gasteiger partial charge in [-0.2, -0.15) is 0 Å². The van der Waals surface area contributed by atoms with E-state index in [1.807, 2.05) is 4.90 Å². The molecule has 3 rings (SSSR count). The topological polar surface area (TPSA) is 69.6 Å². The van der Waals surface area contributed by atoms with Crippen LogP contribution < -0.4 is 5.32 Å². The number of likely N-dealkylation sites (tertiary alicyclic amines) is 1. The van der Waals surface area contributed by atoms with Crippen molar-refractivity contribution in [2.75, 3.05) is 72.7 Å². The molecule has 3 fully saturated rings. The van der Waals surface area contributed by atoms with Crippen molar-refractivity contribution in [3.05, 3.63) is 0 Å². The highest BCUT2D eigenvalue weighted by atomic mass is 16.5. The molecule has 0 radical (unpaired) electrons. The lowest BCUT2D eigenvalue weighted by Gasteiger charge is -2.40. The van der Waals surface area contributed by atoms with Crippen molar-refractivity contribution < 1.29 is 14.3 Å². The van der Waals surface area contributed by atoms with Crippen molar-refractivity contribution in [2.24, 2.45) is 4.99 Å². The first-order valence-corrected chi connectivity index (χ1v) is 11.3. The number of amides is 1. The molecule has 29 heavy (non-hydrogen) atoms. The molecule has 0 aromatic heterocycles. The molecule has 0 aliphatic carbocycles. The molecule has 1 amide bonds. The van der Waals surface area contributed by atoms with Crippen molar-refractivity contribution in [2.45, 2.75) is 51.2 Å². The molecule has 0 aromatic rings. The Bertz CT molecular complexity index is 551. The SMILES string of the molecule is CCNC(=NCC1(OC)CCOCC1)N1CCN(C(C)C(=O)N2CCCC2)CC1.